The van der Waals surface area contributed by atoms with Gasteiger partial charge in [0, 0.05) is 10.5 Å². The Labute approximate surface area is 114 Å². The summed E-state index contributed by atoms with van der Waals surface area (Å²) in [5.41, 5.74) is 1.92. The molecule has 0 saturated carbocycles. The summed E-state index contributed by atoms with van der Waals surface area (Å²) in [6, 6.07) is 6.18. The van der Waals surface area contributed by atoms with Crippen molar-refractivity contribution in [2.75, 3.05) is 7.11 Å². The summed E-state index contributed by atoms with van der Waals surface area (Å²) in [6.07, 6.45) is 0.195. The fourth-order valence-electron chi connectivity index (χ4n) is 2.02. The molecule has 0 saturated heterocycles. The number of methoxy groups -OCH3 is 1. The van der Waals surface area contributed by atoms with E-state index < -0.39 is 0 Å². The van der Waals surface area contributed by atoms with Crippen LogP contribution < -0.4 is 0 Å². The molecule has 0 aliphatic rings. The van der Waals surface area contributed by atoms with Gasteiger partial charge in [0.2, 0.25) is 0 Å². The monoisotopic (exact) mass is 310 g/mol. The molecule has 0 fully saturated rings. The van der Waals surface area contributed by atoms with E-state index in [-0.39, 0.29) is 18.4 Å². The van der Waals surface area contributed by atoms with Crippen LogP contribution in [0.15, 0.2) is 22.7 Å². The van der Waals surface area contributed by atoms with Crippen molar-refractivity contribution in [2.24, 2.45) is 0 Å². The number of carbonyl (C=O) groups excluding carboxylic acids is 1. The number of esters is 1. The first-order chi connectivity index (χ1) is 8.52. The van der Waals surface area contributed by atoms with Crippen LogP contribution in [0.5, 0.6) is 0 Å². The molecule has 0 aliphatic heterocycles. The third-order valence-corrected chi connectivity index (χ3v) is 3.26. The van der Waals surface area contributed by atoms with Gasteiger partial charge in [-0.25, -0.2) is 4.98 Å². The van der Waals surface area contributed by atoms with Crippen molar-refractivity contribution in [3.05, 3.63) is 28.5 Å². The number of benzene rings is 1. The standard InChI is InChI=1S/C13H15BrN2O2/c1-8(2)16-11-5-4-9(14)6-10(11)15-12(16)7-13(17)18-3/h4-6,8H,7H2,1-3H3. The van der Waals surface area contributed by atoms with Crippen LogP contribution in [0.25, 0.3) is 11.0 Å². The second kappa shape index (κ2) is 5.10. The Morgan fingerprint density at radius 2 is 2.22 bits per heavy atom. The van der Waals surface area contributed by atoms with E-state index in [1.54, 1.807) is 0 Å². The Morgan fingerprint density at radius 3 is 2.83 bits per heavy atom. The Balaban J connectivity index is 2.57. The maximum Gasteiger partial charge on any atom is 0.313 e. The summed E-state index contributed by atoms with van der Waals surface area (Å²) in [5.74, 6) is 0.469. The quantitative estimate of drug-likeness (QED) is 0.818. The van der Waals surface area contributed by atoms with E-state index in [0.717, 1.165) is 21.3 Å². The molecule has 0 spiro atoms. The molecule has 0 N–H and O–H groups in total. The highest BCUT2D eigenvalue weighted by molar-refractivity contribution is 9.10. The maximum atomic E-state index is 11.4. The van der Waals surface area contributed by atoms with Gasteiger partial charge in [-0.05, 0) is 32.0 Å². The highest BCUT2D eigenvalue weighted by Crippen LogP contribution is 2.24. The van der Waals surface area contributed by atoms with Crippen LogP contribution in [-0.4, -0.2) is 22.6 Å². The minimum atomic E-state index is -0.272. The van der Waals surface area contributed by atoms with E-state index in [2.05, 4.69) is 39.3 Å². The molecule has 18 heavy (non-hydrogen) atoms. The highest BCUT2D eigenvalue weighted by Gasteiger charge is 2.16. The van der Waals surface area contributed by atoms with Crippen LogP contribution in [0.1, 0.15) is 25.7 Å². The number of nitrogens with zero attached hydrogens (tertiary/aromatic N) is 2. The number of ether oxygens (including phenoxy) is 1. The normalized spacial score (nSPS) is 11.2. The molecule has 2 aromatic rings. The number of imidazole rings is 1. The van der Waals surface area contributed by atoms with E-state index in [0.29, 0.717) is 0 Å². The lowest BCUT2D eigenvalue weighted by molar-refractivity contribution is -0.139. The van der Waals surface area contributed by atoms with Crippen molar-refractivity contribution in [1.29, 1.82) is 0 Å². The molecule has 1 aromatic heterocycles. The minimum absolute atomic E-state index is 0.195. The van der Waals surface area contributed by atoms with Crippen molar-refractivity contribution in [1.82, 2.24) is 9.55 Å². The van der Waals surface area contributed by atoms with E-state index in [1.165, 1.54) is 7.11 Å². The average Bonchev–Trinajstić information content (AvgIpc) is 2.65. The topological polar surface area (TPSA) is 44.1 Å². The van der Waals surface area contributed by atoms with Gasteiger partial charge in [0.1, 0.15) is 12.2 Å². The van der Waals surface area contributed by atoms with Gasteiger partial charge in [0.25, 0.3) is 0 Å². The summed E-state index contributed by atoms with van der Waals surface area (Å²) in [6.45, 7) is 4.15. The third kappa shape index (κ3) is 2.41. The summed E-state index contributed by atoms with van der Waals surface area (Å²) in [4.78, 5) is 15.9. The van der Waals surface area contributed by atoms with Gasteiger partial charge in [-0.1, -0.05) is 15.9 Å². The number of hydrogen-bond acceptors (Lipinski definition) is 3. The van der Waals surface area contributed by atoms with Crippen molar-refractivity contribution >= 4 is 32.9 Å². The van der Waals surface area contributed by atoms with Gasteiger partial charge in [-0.2, -0.15) is 0 Å². The SMILES string of the molecule is COC(=O)Cc1nc2cc(Br)ccc2n1C(C)C. The average molecular weight is 311 g/mol. The molecule has 0 aliphatic carbocycles. The van der Waals surface area contributed by atoms with Gasteiger partial charge >= 0.3 is 5.97 Å². The first kappa shape index (κ1) is 13.1. The molecule has 1 heterocycles. The zero-order valence-corrected chi connectivity index (χ0v) is 12.2. The van der Waals surface area contributed by atoms with Crippen LogP contribution in [0, 0.1) is 0 Å². The molecule has 4 nitrogen and oxygen atoms in total. The first-order valence-corrected chi connectivity index (χ1v) is 6.55. The molecule has 0 bridgehead atoms. The second-order valence-corrected chi connectivity index (χ2v) is 5.29. The number of carbonyl (C=O) groups is 1. The summed E-state index contributed by atoms with van der Waals surface area (Å²) < 4.78 is 7.75. The number of hydrogen-bond donors (Lipinski definition) is 0. The number of rotatable bonds is 3. The predicted octanol–water partition coefficient (Wildman–Crippen LogP) is 3.10. The van der Waals surface area contributed by atoms with E-state index in [1.807, 2.05) is 18.2 Å². The molecule has 0 amide bonds. The van der Waals surface area contributed by atoms with Crippen LogP contribution >= 0.6 is 15.9 Å². The third-order valence-electron chi connectivity index (χ3n) is 2.77. The van der Waals surface area contributed by atoms with Crippen molar-refractivity contribution in [2.45, 2.75) is 26.3 Å². The lowest BCUT2D eigenvalue weighted by atomic mass is 10.3. The molecule has 5 heteroatoms. The van der Waals surface area contributed by atoms with Gasteiger partial charge in [-0.15, -0.1) is 0 Å². The number of halogens is 1. The van der Waals surface area contributed by atoms with E-state index in [9.17, 15) is 4.79 Å². The summed E-state index contributed by atoms with van der Waals surface area (Å²) in [5, 5.41) is 0. The molecule has 1 aromatic carbocycles. The van der Waals surface area contributed by atoms with E-state index >= 15 is 0 Å². The fraction of sp³-hybridized carbons (Fsp3) is 0.385. The Hall–Kier alpha value is -1.36. The van der Waals surface area contributed by atoms with Crippen molar-refractivity contribution in [3.8, 4) is 0 Å². The largest absolute Gasteiger partial charge is 0.469 e. The Morgan fingerprint density at radius 1 is 1.50 bits per heavy atom. The van der Waals surface area contributed by atoms with Crippen LogP contribution in [-0.2, 0) is 16.0 Å². The Bertz CT molecular complexity index is 590. The van der Waals surface area contributed by atoms with Gasteiger partial charge < -0.3 is 9.30 Å². The summed E-state index contributed by atoms with van der Waals surface area (Å²) >= 11 is 3.43. The van der Waals surface area contributed by atoms with Crippen LogP contribution in [0.3, 0.4) is 0 Å². The lowest BCUT2D eigenvalue weighted by Gasteiger charge is -2.12. The highest BCUT2D eigenvalue weighted by atomic mass is 79.9. The minimum Gasteiger partial charge on any atom is -0.469 e. The zero-order valence-electron chi connectivity index (χ0n) is 10.6. The summed E-state index contributed by atoms with van der Waals surface area (Å²) in [7, 11) is 1.39. The van der Waals surface area contributed by atoms with Crippen LogP contribution in [0.2, 0.25) is 0 Å². The lowest BCUT2D eigenvalue weighted by Crippen LogP contribution is -2.12. The van der Waals surface area contributed by atoms with Gasteiger partial charge in [0.05, 0.1) is 18.1 Å². The van der Waals surface area contributed by atoms with Crippen molar-refractivity contribution < 1.29 is 9.53 Å². The van der Waals surface area contributed by atoms with Crippen molar-refractivity contribution in [3.63, 3.8) is 0 Å². The number of aromatic nitrogens is 2. The smallest absolute Gasteiger partial charge is 0.313 e. The van der Waals surface area contributed by atoms with Crippen LogP contribution in [0.4, 0.5) is 0 Å². The Kier molecular flexibility index (Phi) is 3.71. The first-order valence-electron chi connectivity index (χ1n) is 5.76. The van der Waals surface area contributed by atoms with Gasteiger partial charge in [0.15, 0.2) is 0 Å². The fourth-order valence-corrected chi connectivity index (χ4v) is 2.37. The van der Waals surface area contributed by atoms with E-state index in [4.69, 9.17) is 4.74 Å². The molecular formula is C13H15BrN2O2. The zero-order chi connectivity index (χ0) is 13.3. The predicted molar refractivity (Wildman–Crippen MR) is 73.5 cm³/mol. The maximum absolute atomic E-state index is 11.4. The van der Waals surface area contributed by atoms with Gasteiger partial charge in [-0.3, -0.25) is 4.79 Å². The molecule has 96 valence electrons. The molecular weight excluding hydrogens is 296 g/mol. The second-order valence-electron chi connectivity index (χ2n) is 4.38. The molecule has 0 atom stereocenters. The molecule has 0 unspecified atom stereocenters. The number of fused-ring (bicyclic) bond motifs is 1. The molecule has 2 rings (SSSR count). The molecule has 0 radical (unpaired) electrons.